The number of hydrogen-bond acceptors (Lipinski definition) is 9. The second-order valence-corrected chi connectivity index (χ2v) is 14.0. The maximum Gasteiger partial charge on any atom is 0.306 e. The first-order valence-corrected chi connectivity index (χ1v) is 16.4. The topological polar surface area (TPSA) is 139 Å². The molecular formula is C35H38FN5O5S. The number of primary amides is 1. The quantitative estimate of drug-likeness (QED) is 0.270. The molecule has 10 nitrogen and oxygen atoms in total. The molecule has 3 heterocycles. The van der Waals surface area contributed by atoms with E-state index in [1.165, 1.54) is 11.0 Å². The van der Waals surface area contributed by atoms with Gasteiger partial charge in [-0.15, -0.1) is 11.8 Å². The predicted molar refractivity (Wildman–Crippen MR) is 175 cm³/mol. The van der Waals surface area contributed by atoms with Gasteiger partial charge in [-0.3, -0.25) is 14.4 Å². The summed E-state index contributed by atoms with van der Waals surface area (Å²) in [5, 5.41) is 10.2. The summed E-state index contributed by atoms with van der Waals surface area (Å²) < 4.78 is 25.9. The third-order valence-electron chi connectivity index (χ3n) is 8.04. The number of carbonyl (C=O) groups excluding carboxylic acids is 3. The lowest BCUT2D eigenvalue weighted by molar-refractivity contribution is -0.155. The Kier molecular flexibility index (Phi) is 10.3. The van der Waals surface area contributed by atoms with E-state index in [2.05, 4.69) is 4.98 Å². The zero-order chi connectivity index (χ0) is 33.7. The van der Waals surface area contributed by atoms with Crippen LogP contribution in [-0.2, 0) is 27.5 Å². The number of nitrogens with two attached hydrogens (primary N) is 1. The first-order chi connectivity index (χ1) is 22.4. The number of ether oxygens (including phenoxy) is 2. The maximum atomic E-state index is 14.5. The molecule has 0 unspecified atom stereocenters. The summed E-state index contributed by atoms with van der Waals surface area (Å²) in [5.41, 5.74) is 7.80. The number of carbonyl (C=O) groups is 3. The Morgan fingerprint density at radius 2 is 1.94 bits per heavy atom. The highest BCUT2D eigenvalue weighted by Gasteiger charge is 2.37. The SMILES string of the molecule is CC(C)(C)OC(=O)CC[C@@H](C(N)=O)N1Cc2c(OCc3ccc(SC4CCN(c5ccc(C#N)cc5F)CC4)nc3)cccc2C1=O. The highest BCUT2D eigenvalue weighted by atomic mass is 32.2. The molecule has 1 aromatic heterocycles. The minimum Gasteiger partial charge on any atom is -0.488 e. The van der Waals surface area contributed by atoms with E-state index >= 15 is 0 Å². The highest BCUT2D eigenvalue weighted by molar-refractivity contribution is 7.99. The van der Waals surface area contributed by atoms with Crippen LogP contribution < -0.4 is 15.4 Å². The molecule has 2 amide bonds. The molecule has 1 saturated heterocycles. The minimum absolute atomic E-state index is 0.0482. The first kappa shape index (κ1) is 33.7. The summed E-state index contributed by atoms with van der Waals surface area (Å²) in [7, 11) is 0. The molecule has 3 aromatic rings. The van der Waals surface area contributed by atoms with E-state index in [0.29, 0.717) is 33.4 Å². The number of hydrogen-bond donors (Lipinski definition) is 1. The molecule has 12 heteroatoms. The summed E-state index contributed by atoms with van der Waals surface area (Å²) in [6.07, 6.45) is 3.54. The number of nitrogens with zero attached hydrogens (tertiary/aromatic N) is 4. The Bertz CT molecular complexity index is 1680. The molecule has 2 aliphatic heterocycles. The minimum atomic E-state index is -0.964. The van der Waals surface area contributed by atoms with Crippen molar-refractivity contribution in [1.82, 2.24) is 9.88 Å². The van der Waals surface area contributed by atoms with Crippen molar-refractivity contribution in [3.63, 3.8) is 0 Å². The van der Waals surface area contributed by atoms with E-state index in [1.54, 1.807) is 69.1 Å². The van der Waals surface area contributed by atoms with Crippen molar-refractivity contribution < 1.29 is 28.2 Å². The van der Waals surface area contributed by atoms with Crippen LogP contribution in [0.1, 0.15) is 73.5 Å². The van der Waals surface area contributed by atoms with Crippen LogP contribution in [-0.4, -0.2) is 57.6 Å². The number of aromatic nitrogens is 1. The molecule has 246 valence electrons. The molecule has 47 heavy (non-hydrogen) atoms. The van der Waals surface area contributed by atoms with E-state index in [0.717, 1.165) is 36.5 Å². The number of rotatable bonds is 11. The number of amides is 2. The maximum absolute atomic E-state index is 14.5. The molecule has 0 bridgehead atoms. The number of benzene rings is 2. The number of esters is 1. The summed E-state index contributed by atoms with van der Waals surface area (Å²) in [4.78, 5) is 45.9. The molecule has 2 aromatic carbocycles. The third-order valence-corrected chi connectivity index (χ3v) is 9.33. The molecule has 2 N–H and O–H groups in total. The first-order valence-electron chi connectivity index (χ1n) is 15.5. The lowest BCUT2D eigenvalue weighted by Gasteiger charge is -2.33. The van der Waals surface area contributed by atoms with Gasteiger partial charge in [0.1, 0.15) is 29.8 Å². The van der Waals surface area contributed by atoms with Crippen LogP contribution in [0.2, 0.25) is 0 Å². The smallest absolute Gasteiger partial charge is 0.306 e. The molecule has 5 rings (SSSR count). The Balaban J connectivity index is 1.14. The number of piperidine rings is 1. The Morgan fingerprint density at radius 3 is 2.57 bits per heavy atom. The second-order valence-electron chi connectivity index (χ2n) is 12.6. The summed E-state index contributed by atoms with van der Waals surface area (Å²) in [5.74, 6) is -1.33. The number of thioether (sulfide) groups is 1. The van der Waals surface area contributed by atoms with Gasteiger partial charge in [0.25, 0.3) is 5.91 Å². The third kappa shape index (κ3) is 8.40. The number of pyridine rings is 1. The normalized spacial score (nSPS) is 15.6. The average Bonchev–Trinajstić information content (AvgIpc) is 3.36. The van der Waals surface area contributed by atoms with Crippen LogP contribution >= 0.6 is 11.8 Å². The summed E-state index contributed by atoms with van der Waals surface area (Å²) in [6, 6.07) is 14.7. The fourth-order valence-electron chi connectivity index (χ4n) is 5.76. The highest BCUT2D eigenvalue weighted by Crippen LogP contribution is 2.35. The van der Waals surface area contributed by atoms with Gasteiger partial charge in [0.05, 0.1) is 28.9 Å². The predicted octanol–water partition coefficient (Wildman–Crippen LogP) is 5.36. The van der Waals surface area contributed by atoms with E-state index in [4.69, 9.17) is 20.5 Å². The van der Waals surface area contributed by atoms with Gasteiger partial charge in [-0.1, -0.05) is 12.1 Å². The zero-order valence-electron chi connectivity index (χ0n) is 26.7. The second kappa shape index (κ2) is 14.4. The van der Waals surface area contributed by atoms with Gasteiger partial charge >= 0.3 is 5.97 Å². The van der Waals surface area contributed by atoms with E-state index < -0.39 is 23.5 Å². The number of halogens is 1. The fourth-order valence-corrected chi connectivity index (χ4v) is 6.81. The van der Waals surface area contributed by atoms with Crippen molar-refractivity contribution in [2.75, 3.05) is 18.0 Å². The fraction of sp³-hybridized carbons (Fsp3) is 0.400. The van der Waals surface area contributed by atoms with E-state index in [1.807, 2.05) is 23.1 Å². The van der Waals surface area contributed by atoms with Crippen molar-refractivity contribution >= 4 is 35.2 Å². The Hall–Kier alpha value is -4.63. The standard InChI is InChI=1S/C35H38FN5O5S/c1-35(2,3)46-32(42)12-10-29(33(38)43)41-20-26-25(34(41)44)5-4-6-30(26)45-21-23-8-11-31(39-19-23)47-24-13-15-40(16-14-24)28-9-7-22(18-37)17-27(28)36/h4-9,11,17,19,24,29H,10,12-16,20-21H2,1-3H3,(H2,38,43)/t29-/m0/s1. The van der Waals surface area contributed by atoms with Gasteiger partial charge < -0.3 is 25.0 Å². The number of fused-ring (bicyclic) bond motifs is 1. The van der Waals surface area contributed by atoms with Crippen molar-refractivity contribution in [2.24, 2.45) is 5.73 Å². The van der Waals surface area contributed by atoms with Gasteiger partial charge in [0, 0.05) is 47.6 Å². The van der Waals surface area contributed by atoms with Gasteiger partial charge in [0.2, 0.25) is 5.91 Å². The van der Waals surface area contributed by atoms with Gasteiger partial charge in [-0.25, -0.2) is 9.37 Å². The largest absolute Gasteiger partial charge is 0.488 e. The van der Waals surface area contributed by atoms with E-state index in [9.17, 15) is 18.8 Å². The molecule has 2 aliphatic rings. The molecule has 1 atom stereocenters. The summed E-state index contributed by atoms with van der Waals surface area (Å²) in [6.45, 7) is 7.09. The van der Waals surface area contributed by atoms with Crippen LogP contribution in [0.5, 0.6) is 5.75 Å². The van der Waals surface area contributed by atoms with Gasteiger partial charge in [0.15, 0.2) is 0 Å². The van der Waals surface area contributed by atoms with Crippen LogP contribution in [0.15, 0.2) is 59.8 Å². The van der Waals surface area contributed by atoms with Crippen LogP contribution in [0.3, 0.4) is 0 Å². The zero-order valence-corrected chi connectivity index (χ0v) is 27.5. The number of nitriles is 1. The van der Waals surface area contributed by atoms with Crippen molar-refractivity contribution in [3.8, 4) is 11.8 Å². The van der Waals surface area contributed by atoms with Crippen molar-refractivity contribution in [1.29, 1.82) is 5.26 Å². The van der Waals surface area contributed by atoms with E-state index in [-0.39, 0.29) is 37.7 Å². The molecule has 0 saturated carbocycles. The Morgan fingerprint density at radius 1 is 1.17 bits per heavy atom. The molecule has 0 spiro atoms. The lowest BCUT2D eigenvalue weighted by Crippen LogP contribution is -2.45. The van der Waals surface area contributed by atoms with Gasteiger partial charge in [-0.2, -0.15) is 5.26 Å². The van der Waals surface area contributed by atoms with Crippen molar-refractivity contribution in [3.05, 3.63) is 82.8 Å². The molecule has 1 fully saturated rings. The lowest BCUT2D eigenvalue weighted by atomic mass is 10.1. The summed E-state index contributed by atoms with van der Waals surface area (Å²) >= 11 is 1.70. The molecular weight excluding hydrogens is 621 g/mol. The molecule has 0 aliphatic carbocycles. The Labute approximate surface area is 278 Å². The van der Waals surface area contributed by atoms with Crippen LogP contribution in [0, 0.1) is 17.1 Å². The molecule has 0 radical (unpaired) electrons. The monoisotopic (exact) mass is 659 g/mol. The number of anilines is 1. The van der Waals surface area contributed by atoms with Gasteiger partial charge in [-0.05, 0) is 76.4 Å². The van der Waals surface area contributed by atoms with Crippen LogP contribution in [0.4, 0.5) is 10.1 Å². The van der Waals surface area contributed by atoms with Crippen LogP contribution in [0.25, 0.3) is 0 Å². The average molecular weight is 660 g/mol. The van der Waals surface area contributed by atoms with Crippen molar-refractivity contribution in [2.45, 2.75) is 81.5 Å².